The Hall–Kier alpha value is -1.19. The lowest BCUT2D eigenvalue weighted by Crippen LogP contribution is -2.17. The lowest BCUT2D eigenvalue weighted by Gasteiger charge is -2.12. The van der Waals surface area contributed by atoms with Crippen LogP contribution in [0.4, 0.5) is 13.2 Å². The van der Waals surface area contributed by atoms with E-state index in [1.165, 1.54) is 12.1 Å². The van der Waals surface area contributed by atoms with Crippen LogP contribution in [0.3, 0.4) is 0 Å². The van der Waals surface area contributed by atoms with Gasteiger partial charge in [-0.2, -0.15) is 0 Å². The molecular weight excluding hydrogens is 205 g/mol. The molecule has 0 fully saturated rings. The van der Waals surface area contributed by atoms with Gasteiger partial charge >= 0.3 is 6.36 Å². The van der Waals surface area contributed by atoms with E-state index in [0.29, 0.717) is 0 Å². The van der Waals surface area contributed by atoms with Crippen molar-refractivity contribution in [3.8, 4) is 5.75 Å². The molecule has 1 aromatic rings. The Labute approximate surface area is 86.9 Å². The summed E-state index contributed by atoms with van der Waals surface area (Å²) < 4.78 is 39.6. The summed E-state index contributed by atoms with van der Waals surface area (Å²) in [4.78, 5) is 0. The van der Waals surface area contributed by atoms with Crippen LogP contribution in [-0.2, 0) is 0 Å². The summed E-state index contributed by atoms with van der Waals surface area (Å²) >= 11 is 0. The molecule has 0 aromatic heterocycles. The van der Waals surface area contributed by atoms with E-state index in [1.54, 1.807) is 12.1 Å². The van der Waals surface area contributed by atoms with Crippen LogP contribution in [0.5, 0.6) is 5.75 Å². The predicted molar refractivity (Wildman–Crippen MR) is 51.8 cm³/mol. The second kappa shape index (κ2) is 4.55. The standard InChI is InChI=1S/C11H13F3O/c1-3-8(2)9-5-4-6-10(7-9)15-11(12,13)14/h4-8H,3H2,1-2H3/t8-/m0/s1. The van der Waals surface area contributed by atoms with Crippen LogP contribution in [0.25, 0.3) is 0 Å². The van der Waals surface area contributed by atoms with Gasteiger partial charge in [0.05, 0.1) is 0 Å². The second-order valence-corrected chi connectivity index (χ2v) is 3.43. The van der Waals surface area contributed by atoms with Crippen molar-refractivity contribution in [2.45, 2.75) is 32.5 Å². The van der Waals surface area contributed by atoms with Crippen LogP contribution in [0.2, 0.25) is 0 Å². The fraction of sp³-hybridized carbons (Fsp3) is 0.455. The Morgan fingerprint density at radius 3 is 2.53 bits per heavy atom. The summed E-state index contributed by atoms with van der Waals surface area (Å²) in [6.45, 7) is 3.95. The zero-order chi connectivity index (χ0) is 11.5. The van der Waals surface area contributed by atoms with E-state index in [2.05, 4.69) is 4.74 Å². The molecule has 0 heterocycles. The smallest absolute Gasteiger partial charge is 0.406 e. The highest BCUT2D eigenvalue weighted by Gasteiger charge is 2.31. The molecule has 84 valence electrons. The van der Waals surface area contributed by atoms with Gasteiger partial charge in [-0.1, -0.05) is 26.0 Å². The molecule has 0 amide bonds. The summed E-state index contributed by atoms with van der Waals surface area (Å²) in [5.74, 6) is 0.0853. The number of hydrogen-bond acceptors (Lipinski definition) is 1. The van der Waals surface area contributed by atoms with Crippen LogP contribution in [0.15, 0.2) is 24.3 Å². The first-order valence-corrected chi connectivity index (χ1v) is 4.78. The van der Waals surface area contributed by atoms with Gasteiger partial charge in [0, 0.05) is 0 Å². The van der Waals surface area contributed by atoms with Crippen LogP contribution >= 0.6 is 0 Å². The number of alkyl halides is 3. The molecule has 4 heteroatoms. The minimum absolute atomic E-state index is 0.152. The highest BCUT2D eigenvalue weighted by molar-refractivity contribution is 5.30. The molecule has 1 rings (SSSR count). The van der Waals surface area contributed by atoms with Gasteiger partial charge in [0.15, 0.2) is 0 Å². The van der Waals surface area contributed by atoms with E-state index in [4.69, 9.17) is 0 Å². The Balaban J connectivity index is 2.83. The Bertz CT molecular complexity index is 320. The maximum Gasteiger partial charge on any atom is 0.573 e. The average molecular weight is 218 g/mol. The second-order valence-electron chi connectivity index (χ2n) is 3.43. The van der Waals surface area contributed by atoms with E-state index >= 15 is 0 Å². The van der Waals surface area contributed by atoms with E-state index in [0.717, 1.165) is 12.0 Å². The zero-order valence-corrected chi connectivity index (χ0v) is 8.64. The van der Waals surface area contributed by atoms with Crippen molar-refractivity contribution in [2.24, 2.45) is 0 Å². The lowest BCUT2D eigenvalue weighted by molar-refractivity contribution is -0.274. The van der Waals surface area contributed by atoms with Crippen molar-refractivity contribution in [3.63, 3.8) is 0 Å². The third-order valence-corrected chi connectivity index (χ3v) is 2.27. The number of benzene rings is 1. The van der Waals surface area contributed by atoms with Crippen molar-refractivity contribution in [3.05, 3.63) is 29.8 Å². The first-order valence-electron chi connectivity index (χ1n) is 4.78. The molecule has 0 radical (unpaired) electrons. The van der Waals surface area contributed by atoms with Gasteiger partial charge < -0.3 is 4.74 Å². The maximum atomic E-state index is 11.9. The van der Waals surface area contributed by atoms with Gasteiger partial charge in [-0.05, 0) is 30.0 Å². The average Bonchev–Trinajstić information content (AvgIpc) is 2.14. The Morgan fingerprint density at radius 1 is 1.33 bits per heavy atom. The van der Waals surface area contributed by atoms with Gasteiger partial charge in [0.25, 0.3) is 0 Å². The van der Waals surface area contributed by atoms with Crippen molar-refractivity contribution < 1.29 is 17.9 Å². The SMILES string of the molecule is CC[C@H](C)c1cccc(OC(F)(F)F)c1. The molecule has 0 saturated heterocycles. The van der Waals surface area contributed by atoms with Crippen LogP contribution in [-0.4, -0.2) is 6.36 Å². The van der Waals surface area contributed by atoms with Gasteiger partial charge in [-0.15, -0.1) is 13.2 Å². The largest absolute Gasteiger partial charge is 0.573 e. The maximum absolute atomic E-state index is 11.9. The number of ether oxygens (including phenoxy) is 1. The van der Waals surface area contributed by atoms with E-state index < -0.39 is 6.36 Å². The predicted octanol–water partition coefficient (Wildman–Crippen LogP) is 4.10. The summed E-state index contributed by atoms with van der Waals surface area (Å²) in [6, 6.07) is 6.11. The molecule has 0 spiro atoms. The molecule has 1 aromatic carbocycles. The summed E-state index contributed by atoms with van der Waals surface area (Å²) in [7, 11) is 0. The molecular formula is C11H13F3O. The van der Waals surface area contributed by atoms with E-state index in [9.17, 15) is 13.2 Å². The first kappa shape index (κ1) is 11.9. The zero-order valence-electron chi connectivity index (χ0n) is 8.64. The molecule has 0 aliphatic heterocycles. The molecule has 1 atom stereocenters. The number of rotatable bonds is 3. The van der Waals surface area contributed by atoms with Gasteiger partial charge in [0.1, 0.15) is 5.75 Å². The minimum atomic E-state index is -4.62. The van der Waals surface area contributed by atoms with Crippen molar-refractivity contribution >= 4 is 0 Å². The molecule has 0 aliphatic carbocycles. The molecule has 0 saturated carbocycles. The van der Waals surface area contributed by atoms with Gasteiger partial charge in [-0.25, -0.2) is 0 Å². The summed E-state index contributed by atoms with van der Waals surface area (Å²) in [5, 5.41) is 0. The lowest BCUT2D eigenvalue weighted by atomic mass is 9.99. The molecule has 1 nitrogen and oxygen atoms in total. The first-order chi connectivity index (χ1) is 6.92. The van der Waals surface area contributed by atoms with Crippen molar-refractivity contribution in [1.29, 1.82) is 0 Å². The van der Waals surface area contributed by atoms with Crippen LogP contribution in [0, 0.1) is 0 Å². The van der Waals surface area contributed by atoms with Gasteiger partial charge in [-0.3, -0.25) is 0 Å². The Morgan fingerprint density at radius 2 is 2.00 bits per heavy atom. The van der Waals surface area contributed by atoms with Crippen LogP contribution in [0.1, 0.15) is 31.7 Å². The summed E-state index contributed by atoms with van der Waals surface area (Å²) in [5.41, 5.74) is 0.860. The van der Waals surface area contributed by atoms with Crippen LogP contribution < -0.4 is 4.74 Å². The summed E-state index contributed by atoms with van der Waals surface area (Å²) in [6.07, 6.45) is -3.73. The fourth-order valence-electron chi connectivity index (χ4n) is 1.25. The molecule has 0 N–H and O–H groups in total. The quantitative estimate of drug-likeness (QED) is 0.742. The number of halogens is 3. The monoisotopic (exact) mass is 218 g/mol. The number of hydrogen-bond donors (Lipinski definition) is 0. The van der Waals surface area contributed by atoms with Crippen molar-refractivity contribution in [1.82, 2.24) is 0 Å². The van der Waals surface area contributed by atoms with Gasteiger partial charge in [0.2, 0.25) is 0 Å². The van der Waals surface area contributed by atoms with Crippen molar-refractivity contribution in [2.75, 3.05) is 0 Å². The highest BCUT2D eigenvalue weighted by Crippen LogP contribution is 2.27. The third kappa shape index (κ3) is 3.81. The van der Waals surface area contributed by atoms with E-state index in [-0.39, 0.29) is 11.7 Å². The Kier molecular flexibility index (Phi) is 3.61. The third-order valence-electron chi connectivity index (χ3n) is 2.27. The topological polar surface area (TPSA) is 9.23 Å². The van der Waals surface area contributed by atoms with E-state index in [1.807, 2.05) is 13.8 Å². The molecule has 0 bridgehead atoms. The fourth-order valence-corrected chi connectivity index (χ4v) is 1.25. The highest BCUT2D eigenvalue weighted by atomic mass is 19.4. The molecule has 0 aliphatic rings. The normalized spacial score (nSPS) is 13.7. The molecule has 0 unspecified atom stereocenters. The molecule has 15 heavy (non-hydrogen) atoms. The minimum Gasteiger partial charge on any atom is -0.406 e.